The Kier molecular flexibility index (Phi) is 3.33. The molecule has 0 bridgehead atoms. The molecule has 0 saturated heterocycles. The highest BCUT2D eigenvalue weighted by Gasteiger charge is 2.16. The summed E-state index contributed by atoms with van der Waals surface area (Å²) in [5, 5.41) is 3.38. The van der Waals surface area contributed by atoms with Crippen molar-refractivity contribution in [3.8, 4) is 11.5 Å². The van der Waals surface area contributed by atoms with E-state index in [0.717, 1.165) is 41.5 Å². The van der Waals surface area contributed by atoms with Gasteiger partial charge in [0, 0.05) is 24.3 Å². The molecule has 0 radical (unpaired) electrons. The summed E-state index contributed by atoms with van der Waals surface area (Å²) >= 11 is 0. The molecule has 3 rings (SSSR count). The third-order valence-corrected chi connectivity index (χ3v) is 3.05. The second-order valence-electron chi connectivity index (χ2n) is 4.52. The fourth-order valence-corrected chi connectivity index (χ4v) is 2.15. The second-order valence-corrected chi connectivity index (χ2v) is 4.52. The number of rotatable bonds is 4. The van der Waals surface area contributed by atoms with Crippen molar-refractivity contribution in [1.29, 1.82) is 0 Å². The van der Waals surface area contributed by atoms with E-state index in [4.69, 9.17) is 9.47 Å². The molecular formula is C15H16N2O2. The van der Waals surface area contributed by atoms with Crippen LogP contribution in [-0.4, -0.2) is 11.8 Å². The average molecular weight is 256 g/mol. The van der Waals surface area contributed by atoms with Crippen molar-refractivity contribution in [3.05, 3.63) is 53.3 Å². The van der Waals surface area contributed by atoms with Gasteiger partial charge in [0.2, 0.25) is 6.79 Å². The lowest BCUT2D eigenvalue weighted by Crippen LogP contribution is -2.14. The van der Waals surface area contributed by atoms with Gasteiger partial charge in [-0.1, -0.05) is 18.2 Å². The molecule has 1 aliphatic heterocycles. The van der Waals surface area contributed by atoms with E-state index < -0.39 is 0 Å². The van der Waals surface area contributed by atoms with Gasteiger partial charge in [-0.3, -0.25) is 4.98 Å². The SMILES string of the molecule is Cc1cccc(CNCc2cccc3c2OCO3)n1. The summed E-state index contributed by atoms with van der Waals surface area (Å²) in [6.07, 6.45) is 0. The molecule has 4 nitrogen and oxygen atoms in total. The first-order valence-electron chi connectivity index (χ1n) is 6.34. The smallest absolute Gasteiger partial charge is 0.231 e. The van der Waals surface area contributed by atoms with Crippen LogP contribution in [0.25, 0.3) is 0 Å². The van der Waals surface area contributed by atoms with Crippen LogP contribution < -0.4 is 14.8 Å². The summed E-state index contributed by atoms with van der Waals surface area (Å²) in [5.74, 6) is 1.68. The minimum Gasteiger partial charge on any atom is -0.454 e. The summed E-state index contributed by atoms with van der Waals surface area (Å²) < 4.78 is 10.8. The van der Waals surface area contributed by atoms with Crippen molar-refractivity contribution in [2.24, 2.45) is 0 Å². The van der Waals surface area contributed by atoms with Gasteiger partial charge in [0.25, 0.3) is 0 Å². The third-order valence-electron chi connectivity index (χ3n) is 3.05. The molecule has 0 aliphatic carbocycles. The van der Waals surface area contributed by atoms with Gasteiger partial charge in [-0.2, -0.15) is 0 Å². The van der Waals surface area contributed by atoms with E-state index in [2.05, 4.69) is 10.3 Å². The summed E-state index contributed by atoms with van der Waals surface area (Å²) in [7, 11) is 0. The highest BCUT2D eigenvalue weighted by atomic mass is 16.7. The lowest BCUT2D eigenvalue weighted by molar-refractivity contribution is 0.173. The van der Waals surface area contributed by atoms with Crippen LogP contribution in [-0.2, 0) is 13.1 Å². The minimum atomic E-state index is 0.311. The van der Waals surface area contributed by atoms with Crippen LogP contribution in [0, 0.1) is 6.92 Å². The second kappa shape index (κ2) is 5.28. The van der Waals surface area contributed by atoms with Gasteiger partial charge in [0.15, 0.2) is 11.5 Å². The number of aromatic nitrogens is 1. The number of benzene rings is 1. The molecule has 0 atom stereocenters. The zero-order chi connectivity index (χ0) is 13.1. The van der Waals surface area contributed by atoms with Crippen molar-refractivity contribution < 1.29 is 9.47 Å². The lowest BCUT2D eigenvalue weighted by atomic mass is 10.2. The Labute approximate surface area is 112 Å². The monoisotopic (exact) mass is 256 g/mol. The first kappa shape index (κ1) is 12.0. The fourth-order valence-electron chi connectivity index (χ4n) is 2.15. The molecule has 1 aromatic heterocycles. The van der Waals surface area contributed by atoms with Crippen LogP contribution in [0.15, 0.2) is 36.4 Å². The molecule has 0 fully saturated rings. The number of nitrogens with one attached hydrogen (secondary N) is 1. The van der Waals surface area contributed by atoms with Crippen LogP contribution in [0.1, 0.15) is 17.0 Å². The molecule has 0 amide bonds. The summed E-state index contributed by atoms with van der Waals surface area (Å²) in [5.41, 5.74) is 3.20. The number of pyridine rings is 1. The topological polar surface area (TPSA) is 43.4 Å². The summed E-state index contributed by atoms with van der Waals surface area (Å²) in [6.45, 7) is 3.79. The third kappa shape index (κ3) is 2.69. The number of aryl methyl sites for hydroxylation is 1. The van der Waals surface area contributed by atoms with Crippen molar-refractivity contribution in [3.63, 3.8) is 0 Å². The fraction of sp³-hybridized carbons (Fsp3) is 0.267. The molecule has 2 heterocycles. The standard InChI is InChI=1S/C15H16N2O2/c1-11-4-2-6-13(17-11)9-16-8-12-5-3-7-14-15(12)19-10-18-14/h2-7,16H,8-10H2,1H3. The van der Waals surface area contributed by atoms with Gasteiger partial charge in [-0.15, -0.1) is 0 Å². The van der Waals surface area contributed by atoms with Crippen LogP contribution in [0.2, 0.25) is 0 Å². The van der Waals surface area contributed by atoms with E-state index in [1.165, 1.54) is 0 Å². The number of nitrogens with zero attached hydrogens (tertiary/aromatic N) is 1. The first-order chi connectivity index (χ1) is 9.33. The molecule has 2 aromatic rings. The van der Waals surface area contributed by atoms with E-state index in [1.807, 2.05) is 43.3 Å². The number of ether oxygens (including phenoxy) is 2. The van der Waals surface area contributed by atoms with Crippen molar-refractivity contribution >= 4 is 0 Å². The lowest BCUT2D eigenvalue weighted by Gasteiger charge is -2.07. The van der Waals surface area contributed by atoms with Crippen LogP contribution in [0.3, 0.4) is 0 Å². The Hall–Kier alpha value is -2.07. The number of hydrogen-bond acceptors (Lipinski definition) is 4. The molecule has 0 spiro atoms. The van der Waals surface area contributed by atoms with Gasteiger partial charge in [-0.25, -0.2) is 0 Å². The largest absolute Gasteiger partial charge is 0.454 e. The predicted octanol–water partition coefficient (Wildman–Crippen LogP) is 2.41. The van der Waals surface area contributed by atoms with E-state index in [-0.39, 0.29) is 0 Å². The Morgan fingerprint density at radius 2 is 2.00 bits per heavy atom. The molecule has 0 unspecified atom stereocenters. The molecule has 4 heteroatoms. The molecule has 19 heavy (non-hydrogen) atoms. The number of hydrogen-bond donors (Lipinski definition) is 1. The van der Waals surface area contributed by atoms with Crippen molar-refractivity contribution in [2.75, 3.05) is 6.79 Å². The maximum Gasteiger partial charge on any atom is 0.231 e. The molecule has 1 aliphatic rings. The summed E-state index contributed by atoms with van der Waals surface area (Å²) in [4.78, 5) is 4.46. The van der Waals surface area contributed by atoms with Crippen molar-refractivity contribution in [2.45, 2.75) is 20.0 Å². The predicted molar refractivity (Wildman–Crippen MR) is 72.1 cm³/mol. The Bertz CT molecular complexity index is 584. The zero-order valence-electron chi connectivity index (χ0n) is 10.8. The van der Waals surface area contributed by atoms with E-state index in [0.29, 0.717) is 6.79 Å². The zero-order valence-corrected chi connectivity index (χ0v) is 10.8. The van der Waals surface area contributed by atoms with Crippen LogP contribution in [0.5, 0.6) is 11.5 Å². The van der Waals surface area contributed by atoms with Crippen LogP contribution >= 0.6 is 0 Å². The Balaban J connectivity index is 1.63. The Morgan fingerprint density at radius 1 is 1.11 bits per heavy atom. The molecule has 1 aromatic carbocycles. The van der Waals surface area contributed by atoms with Gasteiger partial charge >= 0.3 is 0 Å². The quantitative estimate of drug-likeness (QED) is 0.912. The van der Waals surface area contributed by atoms with Gasteiger partial charge < -0.3 is 14.8 Å². The minimum absolute atomic E-state index is 0.311. The van der Waals surface area contributed by atoms with Gasteiger partial charge in [-0.05, 0) is 25.1 Å². The maximum absolute atomic E-state index is 5.47. The van der Waals surface area contributed by atoms with Gasteiger partial charge in [0.05, 0.1) is 5.69 Å². The van der Waals surface area contributed by atoms with Crippen LogP contribution in [0.4, 0.5) is 0 Å². The molecule has 98 valence electrons. The number of para-hydroxylation sites is 1. The summed E-state index contributed by atoms with van der Waals surface area (Å²) in [6, 6.07) is 12.0. The maximum atomic E-state index is 5.47. The highest BCUT2D eigenvalue weighted by molar-refractivity contribution is 5.48. The van der Waals surface area contributed by atoms with E-state index >= 15 is 0 Å². The Morgan fingerprint density at radius 3 is 2.89 bits per heavy atom. The molecule has 1 N–H and O–H groups in total. The first-order valence-corrected chi connectivity index (χ1v) is 6.34. The molecular weight excluding hydrogens is 240 g/mol. The van der Waals surface area contributed by atoms with E-state index in [9.17, 15) is 0 Å². The molecule has 0 saturated carbocycles. The van der Waals surface area contributed by atoms with Crippen molar-refractivity contribution in [1.82, 2.24) is 10.3 Å². The van der Waals surface area contributed by atoms with Gasteiger partial charge in [0.1, 0.15) is 0 Å². The normalized spacial score (nSPS) is 12.7. The average Bonchev–Trinajstić information content (AvgIpc) is 2.88. The highest BCUT2D eigenvalue weighted by Crippen LogP contribution is 2.35. The number of fused-ring (bicyclic) bond motifs is 1. The van der Waals surface area contributed by atoms with E-state index in [1.54, 1.807) is 0 Å².